The zero-order valence-electron chi connectivity index (χ0n) is 13.3. The summed E-state index contributed by atoms with van der Waals surface area (Å²) in [6, 6.07) is 7.62. The molecule has 0 saturated carbocycles. The summed E-state index contributed by atoms with van der Waals surface area (Å²) in [7, 11) is 0. The van der Waals surface area contributed by atoms with Crippen molar-refractivity contribution in [3.63, 3.8) is 0 Å². The van der Waals surface area contributed by atoms with Crippen molar-refractivity contribution in [1.29, 1.82) is 0 Å². The highest BCUT2D eigenvalue weighted by Crippen LogP contribution is 2.26. The number of rotatable bonds is 8. The lowest BCUT2D eigenvalue weighted by Crippen LogP contribution is -2.13. The van der Waals surface area contributed by atoms with E-state index in [0.717, 1.165) is 20.9 Å². The van der Waals surface area contributed by atoms with E-state index in [0.29, 0.717) is 18.4 Å². The summed E-state index contributed by atoms with van der Waals surface area (Å²) in [4.78, 5) is 12.0. The first kappa shape index (κ1) is 17.6. The molecule has 23 heavy (non-hydrogen) atoms. The highest BCUT2D eigenvalue weighted by Gasteiger charge is 2.09. The van der Waals surface area contributed by atoms with E-state index in [4.69, 9.17) is 4.74 Å². The predicted molar refractivity (Wildman–Crippen MR) is 95.6 cm³/mol. The minimum atomic E-state index is -0.0762. The Balaban J connectivity index is 1.79. The molecule has 0 radical (unpaired) electrons. The van der Waals surface area contributed by atoms with Crippen LogP contribution in [0, 0.1) is 0 Å². The average Bonchev–Trinajstić information content (AvgIpc) is 2.94. The smallest absolute Gasteiger partial charge is 0.234 e. The Bertz CT molecular complexity index is 629. The summed E-state index contributed by atoms with van der Waals surface area (Å²) in [5.41, 5.74) is 0.749. The average molecular weight is 352 g/mol. The van der Waals surface area contributed by atoms with E-state index < -0.39 is 0 Å². The number of benzene rings is 1. The van der Waals surface area contributed by atoms with Gasteiger partial charge in [0.1, 0.15) is 5.75 Å². The van der Waals surface area contributed by atoms with Gasteiger partial charge in [-0.25, -0.2) is 0 Å². The number of ether oxygens (including phenoxy) is 1. The van der Waals surface area contributed by atoms with Crippen LogP contribution in [0.3, 0.4) is 0 Å². The summed E-state index contributed by atoms with van der Waals surface area (Å²) in [5, 5.41) is 14.9. The number of nitrogens with one attached hydrogen (secondary N) is 2. The lowest BCUT2D eigenvalue weighted by atomic mass is 10.3. The van der Waals surface area contributed by atoms with Gasteiger partial charge in [-0.05, 0) is 45.0 Å². The fraction of sp³-hybridized carbons (Fsp3) is 0.400. The molecule has 0 aliphatic carbocycles. The fourth-order valence-electron chi connectivity index (χ4n) is 1.70. The molecule has 6 nitrogen and oxygen atoms in total. The Morgan fingerprint density at radius 2 is 2.04 bits per heavy atom. The van der Waals surface area contributed by atoms with E-state index in [-0.39, 0.29) is 5.91 Å². The zero-order valence-corrected chi connectivity index (χ0v) is 15.0. The van der Waals surface area contributed by atoms with E-state index in [1.165, 1.54) is 23.1 Å². The van der Waals surface area contributed by atoms with E-state index in [2.05, 4.69) is 20.8 Å². The van der Waals surface area contributed by atoms with Crippen LogP contribution in [0.15, 0.2) is 28.6 Å². The number of anilines is 2. The van der Waals surface area contributed by atoms with E-state index in [1.807, 2.05) is 45.0 Å². The van der Waals surface area contributed by atoms with Gasteiger partial charge >= 0.3 is 0 Å². The fourth-order valence-corrected chi connectivity index (χ4v) is 3.40. The summed E-state index contributed by atoms with van der Waals surface area (Å²) in [5.74, 6) is 1.01. The lowest BCUT2D eigenvalue weighted by Gasteiger charge is -2.06. The molecule has 8 heteroatoms. The van der Waals surface area contributed by atoms with Gasteiger partial charge in [0, 0.05) is 11.7 Å². The van der Waals surface area contributed by atoms with Crippen molar-refractivity contribution in [2.24, 2.45) is 0 Å². The third-order valence-electron chi connectivity index (χ3n) is 2.59. The number of carbonyl (C=O) groups excluding carboxylic acids is 1. The van der Waals surface area contributed by atoms with Gasteiger partial charge in [-0.1, -0.05) is 23.1 Å². The first-order valence-electron chi connectivity index (χ1n) is 7.32. The number of hydrogen-bond acceptors (Lipinski definition) is 7. The van der Waals surface area contributed by atoms with Gasteiger partial charge in [0.15, 0.2) is 4.34 Å². The Morgan fingerprint density at radius 3 is 2.70 bits per heavy atom. The number of carbonyl (C=O) groups is 1. The molecule has 0 atom stereocenters. The van der Waals surface area contributed by atoms with Crippen LogP contribution in [0.1, 0.15) is 20.8 Å². The Labute approximate surface area is 144 Å². The molecule has 0 unspecified atom stereocenters. The number of nitrogens with zero attached hydrogens (tertiary/aromatic N) is 2. The van der Waals surface area contributed by atoms with Gasteiger partial charge in [-0.2, -0.15) is 0 Å². The molecule has 0 aliphatic heterocycles. The first-order valence-corrected chi connectivity index (χ1v) is 9.12. The quantitative estimate of drug-likeness (QED) is 0.708. The maximum atomic E-state index is 12.0. The Morgan fingerprint density at radius 1 is 1.30 bits per heavy atom. The molecule has 2 N–H and O–H groups in total. The lowest BCUT2D eigenvalue weighted by molar-refractivity contribution is -0.113. The second kappa shape index (κ2) is 8.73. The normalized spacial score (nSPS) is 10.6. The molecular formula is C15H20N4O2S2. The molecule has 1 heterocycles. The summed E-state index contributed by atoms with van der Waals surface area (Å²) < 4.78 is 6.14. The maximum absolute atomic E-state index is 12.0. The Kier molecular flexibility index (Phi) is 6.66. The van der Waals surface area contributed by atoms with Crippen molar-refractivity contribution in [3.8, 4) is 5.75 Å². The topological polar surface area (TPSA) is 76.1 Å². The summed E-state index contributed by atoms with van der Waals surface area (Å²) in [6.45, 7) is 6.64. The first-order chi connectivity index (χ1) is 11.1. The van der Waals surface area contributed by atoms with Crippen molar-refractivity contribution in [2.45, 2.75) is 31.2 Å². The number of amides is 1. The molecule has 2 aromatic rings. The zero-order chi connectivity index (χ0) is 16.7. The van der Waals surface area contributed by atoms with Gasteiger partial charge in [0.25, 0.3) is 0 Å². The molecule has 1 aromatic heterocycles. The van der Waals surface area contributed by atoms with Crippen LogP contribution in [0.4, 0.5) is 10.8 Å². The van der Waals surface area contributed by atoms with E-state index in [1.54, 1.807) is 0 Å². The van der Waals surface area contributed by atoms with Gasteiger partial charge in [-0.15, -0.1) is 10.2 Å². The summed E-state index contributed by atoms with van der Waals surface area (Å²) in [6.07, 6.45) is 0. The standard InChI is InChI=1S/C15H20N4O2S2/c1-4-21-12-7-5-11(6-8-12)17-13(20)9-22-15-19-18-14(23-15)16-10(2)3/h5-8,10H,4,9H2,1-3H3,(H,16,18)(H,17,20). The third-order valence-corrected chi connectivity index (χ3v) is 4.58. The third kappa shape index (κ3) is 6.07. The van der Waals surface area contributed by atoms with Crippen molar-refractivity contribution >= 4 is 39.8 Å². The SMILES string of the molecule is CCOc1ccc(NC(=O)CSc2nnc(NC(C)C)s2)cc1. The van der Waals surface area contributed by atoms with Crippen molar-refractivity contribution < 1.29 is 9.53 Å². The highest BCUT2D eigenvalue weighted by atomic mass is 32.2. The largest absolute Gasteiger partial charge is 0.494 e. The van der Waals surface area contributed by atoms with Crippen LogP contribution in [0.2, 0.25) is 0 Å². The second-order valence-electron chi connectivity index (χ2n) is 4.97. The molecule has 1 amide bonds. The number of thioether (sulfide) groups is 1. The predicted octanol–water partition coefficient (Wildman–Crippen LogP) is 3.49. The number of aromatic nitrogens is 2. The van der Waals surface area contributed by atoms with Crippen LogP contribution in [-0.4, -0.2) is 34.5 Å². The highest BCUT2D eigenvalue weighted by molar-refractivity contribution is 8.01. The molecule has 1 aromatic carbocycles. The van der Waals surface area contributed by atoms with Crippen molar-refractivity contribution in [3.05, 3.63) is 24.3 Å². The van der Waals surface area contributed by atoms with Crippen molar-refractivity contribution in [1.82, 2.24) is 10.2 Å². The minimum absolute atomic E-state index is 0.0762. The molecule has 0 fully saturated rings. The van der Waals surface area contributed by atoms with Crippen molar-refractivity contribution in [2.75, 3.05) is 23.0 Å². The van der Waals surface area contributed by atoms with Crippen LogP contribution in [-0.2, 0) is 4.79 Å². The van der Waals surface area contributed by atoms with Crippen LogP contribution in [0.25, 0.3) is 0 Å². The van der Waals surface area contributed by atoms with E-state index >= 15 is 0 Å². The van der Waals surface area contributed by atoms with Crippen LogP contribution < -0.4 is 15.4 Å². The van der Waals surface area contributed by atoms with Gasteiger partial charge in [-0.3, -0.25) is 4.79 Å². The molecule has 124 valence electrons. The van der Waals surface area contributed by atoms with Crippen LogP contribution in [0.5, 0.6) is 5.75 Å². The molecule has 0 bridgehead atoms. The Hall–Kier alpha value is -1.80. The van der Waals surface area contributed by atoms with Gasteiger partial charge < -0.3 is 15.4 Å². The second-order valence-corrected chi connectivity index (χ2v) is 7.17. The monoisotopic (exact) mass is 352 g/mol. The minimum Gasteiger partial charge on any atom is -0.494 e. The van der Waals surface area contributed by atoms with Gasteiger partial charge in [0.2, 0.25) is 11.0 Å². The summed E-state index contributed by atoms with van der Waals surface area (Å²) >= 11 is 2.83. The molecule has 0 saturated heterocycles. The molecule has 0 spiro atoms. The molecular weight excluding hydrogens is 332 g/mol. The molecule has 0 aliphatic rings. The molecule has 2 rings (SSSR count). The van der Waals surface area contributed by atoms with Crippen LogP contribution >= 0.6 is 23.1 Å². The van der Waals surface area contributed by atoms with Gasteiger partial charge in [0.05, 0.1) is 12.4 Å². The van der Waals surface area contributed by atoms with E-state index in [9.17, 15) is 4.79 Å². The maximum Gasteiger partial charge on any atom is 0.234 e. The number of hydrogen-bond donors (Lipinski definition) is 2.